The molecule has 4 saturated carbocycles. The number of rotatable bonds is 4. The van der Waals surface area contributed by atoms with Gasteiger partial charge in [0.25, 0.3) is 0 Å². The van der Waals surface area contributed by atoms with E-state index in [0.717, 1.165) is 38.5 Å². The largest absolute Gasteiger partial charge is 0.476 e. The second-order valence-corrected chi connectivity index (χ2v) is 11.3. The van der Waals surface area contributed by atoms with Crippen molar-refractivity contribution in [3.05, 3.63) is 0 Å². The Hall–Kier alpha value is -0.940. The quantitative estimate of drug-likeness (QED) is 0.620. The molecule has 5 nitrogen and oxygen atoms in total. The summed E-state index contributed by atoms with van der Waals surface area (Å²) >= 11 is 0. The molecule has 29 heavy (non-hydrogen) atoms. The van der Waals surface area contributed by atoms with Gasteiger partial charge in [-0.05, 0) is 97.7 Å². The minimum atomic E-state index is -1.34. The van der Waals surface area contributed by atoms with Crippen molar-refractivity contribution in [2.24, 2.45) is 46.3 Å². The molecule has 0 aromatic carbocycles. The maximum atomic E-state index is 11.8. The van der Waals surface area contributed by atoms with Gasteiger partial charge in [-0.1, -0.05) is 20.8 Å². The molecule has 4 aliphatic rings. The number of Topliss-reactive ketones (excluding diaryl/α,β-unsaturated/α-hetero) is 1. The van der Waals surface area contributed by atoms with E-state index < -0.39 is 17.9 Å². The van der Waals surface area contributed by atoms with Gasteiger partial charge in [-0.25, -0.2) is 4.79 Å². The fourth-order valence-corrected chi connectivity index (χ4v) is 8.68. The number of aliphatic hydroxyl groups excluding tert-OH is 2. The van der Waals surface area contributed by atoms with E-state index >= 15 is 0 Å². The van der Waals surface area contributed by atoms with Crippen LogP contribution < -0.4 is 0 Å². The van der Waals surface area contributed by atoms with Gasteiger partial charge in [-0.15, -0.1) is 0 Å². The molecule has 5 heteroatoms. The number of carboxylic acid groups (broad SMARTS) is 1. The number of hydrogen-bond acceptors (Lipinski definition) is 4. The predicted octanol–water partition coefficient (Wildman–Crippen LogP) is 3.66. The molecule has 4 fully saturated rings. The number of fused-ring (bicyclic) bond motifs is 5. The van der Waals surface area contributed by atoms with Crippen molar-refractivity contribution in [3.63, 3.8) is 0 Å². The van der Waals surface area contributed by atoms with Gasteiger partial charge in [0.05, 0.1) is 12.2 Å². The summed E-state index contributed by atoms with van der Waals surface area (Å²) in [6, 6.07) is 0. The molecular weight excluding hydrogens is 368 g/mol. The van der Waals surface area contributed by atoms with Gasteiger partial charge >= 0.3 is 5.97 Å². The Morgan fingerprint density at radius 1 is 1.00 bits per heavy atom. The Morgan fingerprint density at radius 2 is 1.72 bits per heavy atom. The van der Waals surface area contributed by atoms with Gasteiger partial charge in [0.1, 0.15) is 0 Å². The molecule has 0 aromatic rings. The van der Waals surface area contributed by atoms with Crippen LogP contribution in [0.5, 0.6) is 0 Å². The highest BCUT2D eigenvalue weighted by atomic mass is 16.4. The maximum Gasteiger partial charge on any atom is 0.372 e. The van der Waals surface area contributed by atoms with Crippen LogP contribution in [0.4, 0.5) is 0 Å². The van der Waals surface area contributed by atoms with Crippen LogP contribution in [0.25, 0.3) is 0 Å². The van der Waals surface area contributed by atoms with E-state index in [9.17, 15) is 19.8 Å². The molecular formula is C24H38O5. The molecule has 164 valence electrons. The van der Waals surface area contributed by atoms with Crippen molar-refractivity contribution < 1.29 is 24.9 Å². The third-order valence-electron chi connectivity index (χ3n) is 10.2. The molecule has 0 aromatic heterocycles. The molecule has 0 heterocycles. The topological polar surface area (TPSA) is 94.8 Å². The van der Waals surface area contributed by atoms with Crippen molar-refractivity contribution >= 4 is 11.8 Å². The van der Waals surface area contributed by atoms with Gasteiger partial charge in [0.15, 0.2) is 0 Å². The van der Waals surface area contributed by atoms with Crippen LogP contribution in [0.15, 0.2) is 0 Å². The lowest BCUT2D eigenvalue weighted by Crippen LogP contribution is -2.58. The van der Waals surface area contributed by atoms with E-state index in [2.05, 4.69) is 13.8 Å². The van der Waals surface area contributed by atoms with E-state index in [1.807, 2.05) is 6.92 Å². The molecule has 4 rings (SSSR count). The van der Waals surface area contributed by atoms with Crippen molar-refractivity contribution in [2.45, 2.75) is 90.8 Å². The van der Waals surface area contributed by atoms with Crippen molar-refractivity contribution in [1.29, 1.82) is 0 Å². The molecule has 0 bridgehead atoms. The summed E-state index contributed by atoms with van der Waals surface area (Å²) in [4.78, 5) is 22.9. The molecule has 0 radical (unpaired) electrons. The van der Waals surface area contributed by atoms with E-state index in [-0.39, 0.29) is 35.2 Å². The van der Waals surface area contributed by atoms with Crippen LogP contribution >= 0.6 is 0 Å². The average Bonchev–Trinajstić information content (AvgIpc) is 3.02. The van der Waals surface area contributed by atoms with Crippen molar-refractivity contribution in [2.75, 3.05) is 0 Å². The Morgan fingerprint density at radius 3 is 2.41 bits per heavy atom. The first-order chi connectivity index (χ1) is 13.6. The van der Waals surface area contributed by atoms with E-state index in [1.54, 1.807) is 0 Å². The molecule has 0 saturated heterocycles. The summed E-state index contributed by atoms with van der Waals surface area (Å²) in [5.74, 6) is 0.264. The van der Waals surface area contributed by atoms with Gasteiger partial charge in [0.2, 0.25) is 5.78 Å². The average molecular weight is 407 g/mol. The number of hydrogen-bond donors (Lipinski definition) is 3. The fraction of sp³-hybridized carbons (Fsp3) is 0.917. The molecule has 3 N–H and O–H groups in total. The van der Waals surface area contributed by atoms with Gasteiger partial charge in [0, 0.05) is 6.42 Å². The molecule has 0 spiro atoms. The van der Waals surface area contributed by atoms with Crippen LogP contribution in [-0.4, -0.2) is 39.3 Å². The monoisotopic (exact) mass is 406 g/mol. The summed E-state index contributed by atoms with van der Waals surface area (Å²) in [5.41, 5.74) is -0.00975. The third kappa shape index (κ3) is 3.18. The minimum Gasteiger partial charge on any atom is -0.476 e. The third-order valence-corrected chi connectivity index (χ3v) is 10.2. The summed E-state index contributed by atoms with van der Waals surface area (Å²) in [6.07, 6.45) is 7.59. The summed E-state index contributed by atoms with van der Waals surface area (Å²) < 4.78 is 0. The Kier molecular flexibility index (Phi) is 5.39. The second-order valence-electron chi connectivity index (χ2n) is 11.3. The standard InChI is InChI=1S/C24H38O5/c1-13(10-20(26)22(28)29)17-6-7-18-16-5-4-14-11-15(25)8-9-23(14,2)19(16)12-21(27)24(17,18)3/h13-19,21,25,27H,4-12H2,1-3H3,(H,28,29)/t13-,14-,15-,16+,17-,18+,19+,21+,23+,24-/m1/s1. The van der Waals surface area contributed by atoms with Gasteiger partial charge < -0.3 is 15.3 Å². The first-order valence-electron chi connectivity index (χ1n) is 11.7. The summed E-state index contributed by atoms with van der Waals surface area (Å²) in [6.45, 7) is 6.63. The van der Waals surface area contributed by atoms with Gasteiger partial charge in [-0.2, -0.15) is 0 Å². The zero-order chi connectivity index (χ0) is 21.1. The number of aliphatic hydroxyl groups is 2. The highest BCUT2D eigenvalue weighted by Crippen LogP contribution is 2.68. The fourth-order valence-electron chi connectivity index (χ4n) is 8.68. The first kappa shape index (κ1) is 21.3. The SMILES string of the molecule is C[C@H](CC(=O)C(=O)O)[C@H]1CC[C@H]2[C@@H]3CC[C@@H]4C[C@H](O)CC[C@]4(C)[C@H]3C[C@H](O)[C@]12C. The highest BCUT2D eigenvalue weighted by Gasteiger charge is 2.63. The summed E-state index contributed by atoms with van der Waals surface area (Å²) in [5, 5.41) is 30.7. The van der Waals surface area contributed by atoms with E-state index in [0.29, 0.717) is 23.7 Å². The number of aliphatic carboxylic acids is 1. The van der Waals surface area contributed by atoms with Crippen LogP contribution in [0.3, 0.4) is 0 Å². The predicted molar refractivity (Wildman–Crippen MR) is 109 cm³/mol. The lowest BCUT2D eigenvalue weighted by molar-refractivity contribution is -0.175. The summed E-state index contributed by atoms with van der Waals surface area (Å²) in [7, 11) is 0. The number of carboxylic acids is 1. The Bertz CT molecular complexity index is 676. The number of carbonyl (C=O) groups is 2. The Labute approximate surface area is 174 Å². The Balaban J connectivity index is 1.57. The molecule has 0 amide bonds. The van der Waals surface area contributed by atoms with Crippen molar-refractivity contribution in [1.82, 2.24) is 0 Å². The van der Waals surface area contributed by atoms with Crippen LogP contribution in [0.1, 0.15) is 78.6 Å². The maximum absolute atomic E-state index is 11.8. The molecule has 10 atom stereocenters. The highest BCUT2D eigenvalue weighted by molar-refractivity contribution is 6.32. The zero-order valence-electron chi connectivity index (χ0n) is 18.1. The second kappa shape index (κ2) is 7.33. The van der Waals surface area contributed by atoms with E-state index in [1.165, 1.54) is 12.8 Å². The smallest absolute Gasteiger partial charge is 0.372 e. The van der Waals surface area contributed by atoms with Gasteiger partial charge in [-0.3, -0.25) is 4.79 Å². The molecule has 0 unspecified atom stereocenters. The first-order valence-corrected chi connectivity index (χ1v) is 11.7. The van der Waals surface area contributed by atoms with Crippen LogP contribution in [-0.2, 0) is 9.59 Å². The van der Waals surface area contributed by atoms with Crippen molar-refractivity contribution in [3.8, 4) is 0 Å². The van der Waals surface area contributed by atoms with E-state index in [4.69, 9.17) is 5.11 Å². The number of carbonyl (C=O) groups excluding carboxylic acids is 1. The minimum absolute atomic E-state index is 0.0171. The number of ketones is 1. The van der Waals surface area contributed by atoms with Crippen LogP contribution in [0.2, 0.25) is 0 Å². The molecule has 0 aliphatic heterocycles. The van der Waals surface area contributed by atoms with Crippen LogP contribution in [0, 0.1) is 46.3 Å². The molecule has 4 aliphatic carbocycles. The lowest BCUT2D eigenvalue weighted by Gasteiger charge is -2.62. The zero-order valence-corrected chi connectivity index (χ0v) is 18.1. The lowest BCUT2D eigenvalue weighted by atomic mass is 9.43. The normalized spacial score (nSPS) is 50.2.